The molecule has 0 spiro atoms. The van der Waals surface area contributed by atoms with Crippen molar-refractivity contribution >= 4 is 11.9 Å². The summed E-state index contributed by atoms with van der Waals surface area (Å²) in [6.07, 6.45) is 4.12. The number of nitrogens with one attached hydrogen (secondary N) is 1. The van der Waals surface area contributed by atoms with E-state index in [1.54, 1.807) is 0 Å². The molecule has 0 heterocycles. The van der Waals surface area contributed by atoms with Gasteiger partial charge >= 0.3 is 5.97 Å². The number of benzene rings is 1. The van der Waals surface area contributed by atoms with Crippen LogP contribution in [0.1, 0.15) is 44.1 Å². The van der Waals surface area contributed by atoms with Gasteiger partial charge in [0, 0.05) is 0 Å². The number of unbranched alkanes of at least 4 members (excludes halogenated alkanes) is 2. The van der Waals surface area contributed by atoms with Gasteiger partial charge in [-0.05, 0) is 50.8 Å². The van der Waals surface area contributed by atoms with Gasteiger partial charge in [-0.15, -0.1) is 0 Å². The number of amides is 1. The Hall–Kier alpha value is -1.96. The van der Waals surface area contributed by atoms with Gasteiger partial charge in [-0.2, -0.15) is 0 Å². The summed E-state index contributed by atoms with van der Waals surface area (Å²) < 4.78 is 5.36. The maximum absolute atomic E-state index is 12.4. The summed E-state index contributed by atoms with van der Waals surface area (Å²) in [6, 6.07) is 8.05. The van der Waals surface area contributed by atoms with Gasteiger partial charge < -0.3 is 27.3 Å². The number of ether oxygens (including phenoxy) is 1. The fourth-order valence-corrected chi connectivity index (χ4v) is 2.49. The van der Waals surface area contributed by atoms with Crippen molar-refractivity contribution < 1.29 is 14.3 Å². The van der Waals surface area contributed by atoms with E-state index in [0.717, 1.165) is 31.2 Å². The predicted molar refractivity (Wildman–Crippen MR) is 102 cm³/mol. The van der Waals surface area contributed by atoms with E-state index >= 15 is 0 Å². The minimum absolute atomic E-state index is 0.172. The van der Waals surface area contributed by atoms with E-state index in [9.17, 15) is 9.59 Å². The lowest BCUT2D eigenvalue weighted by Gasteiger charge is -2.20. The van der Waals surface area contributed by atoms with Crippen LogP contribution < -0.4 is 22.5 Å². The minimum Gasteiger partial charge on any atom is -0.459 e. The van der Waals surface area contributed by atoms with Gasteiger partial charge in [0.15, 0.2) is 0 Å². The average Bonchev–Trinajstić information content (AvgIpc) is 2.66. The molecule has 0 saturated carbocycles. The summed E-state index contributed by atoms with van der Waals surface area (Å²) in [7, 11) is 0. The molecule has 2 unspecified atom stereocenters. The molecule has 0 fully saturated rings. The second-order valence-electron chi connectivity index (χ2n) is 6.33. The van der Waals surface area contributed by atoms with Crippen molar-refractivity contribution in [3.8, 4) is 0 Å². The molecule has 7 nitrogen and oxygen atoms in total. The van der Waals surface area contributed by atoms with Gasteiger partial charge in [0.2, 0.25) is 5.91 Å². The highest BCUT2D eigenvalue weighted by Gasteiger charge is 2.24. The van der Waals surface area contributed by atoms with Crippen molar-refractivity contribution in [3.63, 3.8) is 0 Å². The topological polar surface area (TPSA) is 133 Å². The highest BCUT2D eigenvalue weighted by atomic mass is 16.5. The van der Waals surface area contributed by atoms with Crippen LogP contribution >= 0.6 is 0 Å². The molecule has 7 heteroatoms. The molecule has 0 aliphatic rings. The van der Waals surface area contributed by atoms with Gasteiger partial charge in [0.25, 0.3) is 0 Å². The van der Waals surface area contributed by atoms with E-state index in [4.69, 9.17) is 21.9 Å². The second-order valence-corrected chi connectivity index (χ2v) is 6.33. The first-order chi connectivity index (χ1) is 12.6. The molecule has 0 aliphatic carbocycles. The molecule has 0 radical (unpaired) electrons. The first kappa shape index (κ1) is 22.1. The van der Waals surface area contributed by atoms with Crippen molar-refractivity contribution in [2.45, 2.75) is 57.2 Å². The van der Waals surface area contributed by atoms with E-state index in [1.165, 1.54) is 0 Å². The number of rotatable bonds is 13. The van der Waals surface area contributed by atoms with Crippen LogP contribution in [0.2, 0.25) is 0 Å². The summed E-state index contributed by atoms with van der Waals surface area (Å²) in [5, 5.41) is 2.73. The number of hydrogen-bond donors (Lipinski definition) is 4. The Morgan fingerprint density at radius 3 is 2.19 bits per heavy atom. The van der Waals surface area contributed by atoms with Gasteiger partial charge in [-0.1, -0.05) is 36.8 Å². The lowest BCUT2D eigenvalue weighted by atomic mass is 10.1. The van der Waals surface area contributed by atoms with Crippen molar-refractivity contribution in [1.82, 2.24) is 5.32 Å². The maximum Gasteiger partial charge on any atom is 0.328 e. The summed E-state index contributed by atoms with van der Waals surface area (Å²) in [5.41, 5.74) is 17.8. The lowest BCUT2D eigenvalue weighted by Crippen LogP contribution is -2.49. The molecule has 1 amide bonds. The number of nitrogens with two attached hydrogens (primary N) is 3. The molecule has 1 rings (SSSR count). The third kappa shape index (κ3) is 8.94. The summed E-state index contributed by atoms with van der Waals surface area (Å²) >= 11 is 0. The molecular weight excluding hydrogens is 332 g/mol. The largest absolute Gasteiger partial charge is 0.459 e. The molecule has 7 N–H and O–H groups in total. The molecule has 1 aromatic carbocycles. The summed E-state index contributed by atoms with van der Waals surface area (Å²) in [6.45, 7) is 1.28. The van der Waals surface area contributed by atoms with Crippen molar-refractivity contribution in [2.75, 3.05) is 13.1 Å². The number of carbonyl (C=O) groups is 2. The fraction of sp³-hybridized carbons (Fsp3) is 0.579. The highest BCUT2D eigenvalue weighted by Crippen LogP contribution is 2.07. The average molecular weight is 364 g/mol. The van der Waals surface area contributed by atoms with Crippen LogP contribution in [0.15, 0.2) is 30.3 Å². The zero-order valence-electron chi connectivity index (χ0n) is 15.4. The number of hydrogen-bond acceptors (Lipinski definition) is 6. The van der Waals surface area contributed by atoms with Crippen LogP contribution in [0.4, 0.5) is 0 Å². The molecular formula is C19H32N4O3. The normalized spacial score (nSPS) is 13.0. The van der Waals surface area contributed by atoms with E-state index in [2.05, 4.69) is 5.32 Å². The first-order valence-corrected chi connectivity index (χ1v) is 9.25. The second kappa shape index (κ2) is 13.3. The van der Waals surface area contributed by atoms with Crippen LogP contribution in [-0.2, 0) is 20.9 Å². The molecule has 2 atom stereocenters. The van der Waals surface area contributed by atoms with Gasteiger partial charge in [-0.3, -0.25) is 4.79 Å². The van der Waals surface area contributed by atoms with Gasteiger partial charge in [0.1, 0.15) is 12.6 Å². The Morgan fingerprint density at radius 2 is 1.58 bits per heavy atom. The monoisotopic (exact) mass is 364 g/mol. The van der Waals surface area contributed by atoms with Crippen molar-refractivity contribution in [3.05, 3.63) is 35.9 Å². The van der Waals surface area contributed by atoms with Crippen LogP contribution in [0.25, 0.3) is 0 Å². The van der Waals surface area contributed by atoms with E-state index in [0.29, 0.717) is 25.9 Å². The molecule has 0 bridgehead atoms. The van der Waals surface area contributed by atoms with Gasteiger partial charge in [0.05, 0.1) is 6.04 Å². The summed E-state index contributed by atoms with van der Waals surface area (Å²) in [5.74, 6) is -0.787. The predicted octanol–water partition coefficient (Wildman–Crippen LogP) is 0.800. The van der Waals surface area contributed by atoms with Crippen LogP contribution in [-0.4, -0.2) is 37.0 Å². The highest BCUT2D eigenvalue weighted by molar-refractivity contribution is 5.87. The van der Waals surface area contributed by atoms with Gasteiger partial charge in [-0.25, -0.2) is 4.79 Å². The molecule has 26 heavy (non-hydrogen) atoms. The zero-order chi connectivity index (χ0) is 19.2. The Kier molecular flexibility index (Phi) is 11.3. The van der Waals surface area contributed by atoms with E-state index in [-0.39, 0.29) is 12.5 Å². The minimum atomic E-state index is -0.710. The molecule has 0 aliphatic heterocycles. The van der Waals surface area contributed by atoms with Crippen molar-refractivity contribution in [1.29, 1.82) is 0 Å². The molecule has 0 saturated heterocycles. The maximum atomic E-state index is 12.4. The van der Waals surface area contributed by atoms with E-state index in [1.807, 2.05) is 30.3 Å². The smallest absolute Gasteiger partial charge is 0.328 e. The van der Waals surface area contributed by atoms with Crippen LogP contribution in [0.3, 0.4) is 0 Å². The van der Waals surface area contributed by atoms with Crippen LogP contribution in [0, 0.1) is 0 Å². The Bertz CT molecular complexity index is 525. The molecule has 1 aromatic rings. The Labute approximate surface area is 155 Å². The first-order valence-electron chi connectivity index (χ1n) is 9.25. The van der Waals surface area contributed by atoms with E-state index < -0.39 is 18.1 Å². The third-order valence-electron chi connectivity index (χ3n) is 4.08. The quantitative estimate of drug-likeness (QED) is 0.302. The van der Waals surface area contributed by atoms with Crippen LogP contribution in [0.5, 0.6) is 0 Å². The number of esters is 1. The SMILES string of the molecule is NCCCCC(N)C(=O)NC(CCCCN)C(=O)OCc1ccccc1. The van der Waals surface area contributed by atoms with Crippen molar-refractivity contribution in [2.24, 2.45) is 17.2 Å². The number of carbonyl (C=O) groups excluding carboxylic acids is 2. The lowest BCUT2D eigenvalue weighted by molar-refractivity contribution is -0.149. The standard InChI is InChI=1S/C19H32N4O3/c20-12-6-4-10-16(22)18(24)23-17(11-5-7-13-21)19(25)26-14-15-8-2-1-3-9-15/h1-3,8-9,16-17H,4-7,10-14,20-22H2,(H,23,24). The third-order valence-corrected chi connectivity index (χ3v) is 4.08. The molecule has 146 valence electrons. The Balaban J connectivity index is 2.55. The zero-order valence-corrected chi connectivity index (χ0v) is 15.4. The Morgan fingerprint density at radius 1 is 0.962 bits per heavy atom. The molecule has 0 aromatic heterocycles. The summed E-state index contributed by atoms with van der Waals surface area (Å²) in [4.78, 5) is 24.7. The fourth-order valence-electron chi connectivity index (χ4n) is 2.49.